The maximum Gasteiger partial charge on any atom is 0.224 e. The standard InChI is InChI=1S/C6H13N5/c1-4(7)10-6(9)11(3)5(2)8/h8H,1-3H3,(H3,7,9,10). The summed E-state index contributed by atoms with van der Waals surface area (Å²) in [5.41, 5.74) is 5.24. The molecule has 11 heavy (non-hydrogen) atoms. The van der Waals surface area contributed by atoms with Gasteiger partial charge in [0.05, 0.1) is 11.7 Å². The van der Waals surface area contributed by atoms with Crippen LogP contribution in [0.3, 0.4) is 0 Å². The van der Waals surface area contributed by atoms with Crippen molar-refractivity contribution >= 4 is 17.6 Å². The molecule has 0 bridgehead atoms. The van der Waals surface area contributed by atoms with Gasteiger partial charge < -0.3 is 10.6 Å². The second kappa shape index (κ2) is 3.70. The van der Waals surface area contributed by atoms with Gasteiger partial charge in [-0.2, -0.15) is 0 Å². The zero-order valence-electron chi connectivity index (χ0n) is 6.97. The Kier molecular flexibility index (Phi) is 3.23. The SMILES string of the molecule is CC(=N)N(C)C(=N)/N=C(/C)N. The van der Waals surface area contributed by atoms with Crippen molar-refractivity contribution in [3.63, 3.8) is 0 Å². The first-order chi connectivity index (χ1) is 4.95. The fraction of sp³-hybridized carbons (Fsp3) is 0.500. The molecule has 0 aromatic carbocycles. The van der Waals surface area contributed by atoms with Crippen LogP contribution in [0.25, 0.3) is 0 Å². The van der Waals surface area contributed by atoms with Crippen molar-refractivity contribution in [1.82, 2.24) is 4.90 Å². The number of hydrogen-bond acceptors (Lipinski definition) is 2. The predicted molar refractivity (Wildman–Crippen MR) is 46.2 cm³/mol. The minimum absolute atomic E-state index is 0.0162. The van der Waals surface area contributed by atoms with E-state index in [4.69, 9.17) is 16.6 Å². The summed E-state index contributed by atoms with van der Waals surface area (Å²) in [7, 11) is 1.59. The van der Waals surface area contributed by atoms with Crippen molar-refractivity contribution in [3.05, 3.63) is 0 Å². The Morgan fingerprint density at radius 2 is 1.82 bits per heavy atom. The second-order valence-corrected chi connectivity index (χ2v) is 2.22. The third-order valence-corrected chi connectivity index (χ3v) is 1.10. The Labute approximate surface area is 65.9 Å². The van der Waals surface area contributed by atoms with Crippen LogP contribution in [0.2, 0.25) is 0 Å². The van der Waals surface area contributed by atoms with Gasteiger partial charge >= 0.3 is 0 Å². The van der Waals surface area contributed by atoms with Crippen molar-refractivity contribution in [2.45, 2.75) is 13.8 Å². The van der Waals surface area contributed by atoms with Gasteiger partial charge in [0.1, 0.15) is 0 Å². The minimum Gasteiger partial charge on any atom is -0.387 e. The van der Waals surface area contributed by atoms with Crippen LogP contribution in [0.1, 0.15) is 13.8 Å². The van der Waals surface area contributed by atoms with Gasteiger partial charge in [0.2, 0.25) is 5.96 Å². The lowest BCUT2D eigenvalue weighted by atomic mass is 10.6. The number of rotatable bonds is 0. The Balaban J connectivity index is 4.27. The van der Waals surface area contributed by atoms with Gasteiger partial charge in [-0.25, -0.2) is 4.99 Å². The van der Waals surface area contributed by atoms with E-state index in [-0.39, 0.29) is 11.8 Å². The van der Waals surface area contributed by atoms with Gasteiger partial charge in [-0.05, 0) is 13.8 Å². The van der Waals surface area contributed by atoms with Gasteiger partial charge in [-0.15, -0.1) is 0 Å². The molecule has 0 amide bonds. The zero-order chi connectivity index (χ0) is 9.02. The van der Waals surface area contributed by atoms with Gasteiger partial charge in [-0.3, -0.25) is 10.8 Å². The highest BCUT2D eigenvalue weighted by Gasteiger charge is 2.03. The summed E-state index contributed by atoms with van der Waals surface area (Å²) < 4.78 is 0. The Bertz CT molecular complexity index is 201. The van der Waals surface area contributed by atoms with Crippen LogP contribution >= 0.6 is 0 Å². The number of guanidine groups is 1. The molecule has 0 heterocycles. The molecular formula is C6H13N5. The molecule has 0 aliphatic carbocycles. The maximum atomic E-state index is 7.27. The molecular weight excluding hydrogens is 142 g/mol. The summed E-state index contributed by atoms with van der Waals surface area (Å²) in [5.74, 6) is 0.570. The molecule has 0 unspecified atom stereocenters. The second-order valence-electron chi connectivity index (χ2n) is 2.22. The highest BCUT2D eigenvalue weighted by atomic mass is 15.3. The summed E-state index contributed by atoms with van der Waals surface area (Å²) >= 11 is 0. The summed E-state index contributed by atoms with van der Waals surface area (Å²) in [6.07, 6.45) is 0. The van der Waals surface area contributed by atoms with E-state index in [0.717, 1.165) is 0 Å². The van der Waals surface area contributed by atoms with Crippen LogP contribution < -0.4 is 5.73 Å². The van der Waals surface area contributed by atoms with Crippen LogP contribution in [0.4, 0.5) is 0 Å². The van der Waals surface area contributed by atoms with Crippen LogP contribution in [0.5, 0.6) is 0 Å². The highest BCUT2D eigenvalue weighted by Crippen LogP contribution is 1.87. The monoisotopic (exact) mass is 155 g/mol. The van der Waals surface area contributed by atoms with E-state index in [1.54, 1.807) is 20.9 Å². The number of nitrogens with two attached hydrogens (primary N) is 1. The van der Waals surface area contributed by atoms with E-state index >= 15 is 0 Å². The molecule has 0 atom stereocenters. The van der Waals surface area contributed by atoms with Crippen LogP contribution in [0, 0.1) is 10.8 Å². The quantitative estimate of drug-likeness (QED) is 0.345. The van der Waals surface area contributed by atoms with E-state index in [0.29, 0.717) is 5.84 Å². The molecule has 0 aliphatic rings. The summed E-state index contributed by atoms with van der Waals surface area (Å²) in [5, 5.41) is 14.4. The van der Waals surface area contributed by atoms with Gasteiger partial charge in [-0.1, -0.05) is 0 Å². The highest BCUT2D eigenvalue weighted by molar-refractivity contribution is 6.00. The number of amidine groups is 2. The molecule has 4 N–H and O–H groups in total. The first-order valence-corrected chi connectivity index (χ1v) is 3.13. The van der Waals surface area contributed by atoms with Crippen molar-refractivity contribution in [1.29, 1.82) is 10.8 Å². The van der Waals surface area contributed by atoms with Crippen LogP contribution in [-0.2, 0) is 0 Å². The van der Waals surface area contributed by atoms with E-state index < -0.39 is 0 Å². The van der Waals surface area contributed by atoms with Crippen molar-refractivity contribution < 1.29 is 0 Å². The molecule has 0 saturated carbocycles. The molecule has 0 aliphatic heterocycles. The fourth-order valence-electron chi connectivity index (χ4n) is 0.401. The smallest absolute Gasteiger partial charge is 0.224 e. The fourth-order valence-corrected chi connectivity index (χ4v) is 0.401. The number of nitrogens with one attached hydrogen (secondary N) is 2. The minimum atomic E-state index is -0.0162. The molecule has 0 rings (SSSR count). The van der Waals surface area contributed by atoms with Crippen LogP contribution in [-0.4, -0.2) is 29.6 Å². The molecule has 0 aromatic heterocycles. The summed E-state index contributed by atoms with van der Waals surface area (Å²) in [6, 6.07) is 0. The normalized spacial score (nSPS) is 11.0. The van der Waals surface area contributed by atoms with E-state index in [1.165, 1.54) is 4.90 Å². The zero-order valence-corrected chi connectivity index (χ0v) is 6.97. The Morgan fingerprint density at radius 3 is 2.09 bits per heavy atom. The molecule has 0 saturated heterocycles. The van der Waals surface area contributed by atoms with E-state index in [9.17, 15) is 0 Å². The number of aliphatic imine (C=N–C) groups is 1. The third-order valence-electron chi connectivity index (χ3n) is 1.10. The van der Waals surface area contributed by atoms with Crippen LogP contribution in [0.15, 0.2) is 4.99 Å². The van der Waals surface area contributed by atoms with Gasteiger partial charge in [0.15, 0.2) is 0 Å². The molecule has 5 nitrogen and oxygen atoms in total. The number of hydrogen-bond donors (Lipinski definition) is 3. The Hall–Kier alpha value is -1.39. The topological polar surface area (TPSA) is 89.3 Å². The molecule has 0 radical (unpaired) electrons. The summed E-state index contributed by atoms with van der Waals surface area (Å²) in [4.78, 5) is 4.99. The molecule has 5 heteroatoms. The first-order valence-electron chi connectivity index (χ1n) is 3.13. The van der Waals surface area contributed by atoms with Gasteiger partial charge in [0, 0.05) is 7.05 Å². The summed E-state index contributed by atoms with van der Waals surface area (Å²) in [6.45, 7) is 3.18. The maximum absolute atomic E-state index is 7.27. The third kappa shape index (κ3) is 3.34. The first kappa shape index (κ1) is 9.61. The largest absolute Gasteiger partial charge is 0.387 e. The molecule has 62 valence electrons. The van der Waals surface area contributed by atoms with Crippen molar-refractivity contribution in [2.24, 2.45) is 10.7 Å². The van der Waals surface area contributed by atoms with Crippen molar-refractivity contribution in [3.8, 4) is 0 Å². The lowest BCUT2D eigenvalue weighted by Crippen LogP contribution is -2.30. The lowest BCUT2D eigenvalue weighted by Gasteiger charge is -2.13. The lowest BCUT2D eigenvalue weighted by molar-refractivity contribution is 0.722. The predicted octanol–water partition coefficient (Wildman–Crippen LogP) is 0.227. The van der Waals surface area contributed by atoms with E-state index in [2.05, 4.69) is 4.99 Å². The van der Waals surface area contributed by atoms with Gasteiger partial charge in [0.25, 0.3) is 0 Å². The average molecular weight is 155 g/mol. The number of nitrogens with zero attached hydrogens (tertiary/aromatic N) is 2. The molecule has 0 fully saturated rings. The average Bonchev–Trinajstić information content (AvgIpc) is 1.84. The van der Waals surface area contributed by atoms with E-state index in [1.807, 2.05) is 0 Å². The molecule has 0 aromatic rings. The Morgan fingerprint density at radius 1 is 1.36 bits per heavy atom. The van der Waals surface area contributed by atoms with Crippen molar-refractivity contribution in [2.75, 3.05) is 7.05 Å². The molecule has 0 spiro atoms.